The van der Waals surface area contributed by atoms with Gasteiger partial charge in [-0.15, -0.1) is 12.4 Å². The van der Waals surface area contributed by atoms with Gasteiger partial charge in [0.15, 0.2) is 0 Å². The predicted molar refractivity (Wildman–Crippen MR) is 66.6 cm³/mol. The number of nitrogens with zero attached hydrogens (tertiary/aromatic N) is 1. The summed E-state index contributed by atoms with van der Waals surface area (Å²) in [7, 11) is 0. The average molecular weight is 237 g/mol. The first-order chi connectivity index (χ1) is 6.93. The summed E-state index contributed by atoms with van der Waals surface area (Å²) in [6, 6.07) is 0. The molecule has 1 saturated heterocycles. The fourth-order valence-corrected chi connectivity index (χ4v) is 1.92. The van der Waals surface area contributed by atoms with E-state index in [2.05, 4.69) is 4.90 Å². The fraction of sp³-hybridized carbons (Fsp3) is 1.00. The monoisotopic (exact) mass is 236 g/mol. The molecule has 92 valence electrons. The molecule has 0 spiro atoms. The topological polar surface area (TPSA) is 38.5 Å². The molecule has 1 aliphatic heterocycles. The van der Waals surface area contributed by atoms with Gasteiger partial charge in [-0.05, 0) is 25.9 Å². The van der Waals surface area contributed by atoms with E-state index in [4.69, 9.17) is 10.5 Å². The molecule has 1 fully saturated rings. The summed E-state index contributed by atoms with van der Waals surface area (Å²) in [5.74, 6) is 0. The second-order valence-corrected chi connectivity index (χ2v) is 4.01. The van der Waals surface area contributed by atoms with Crippen LogP contribution < -0.4 is 5.73 Å². The Labute approximate surface area is 99.7 Å². The van der Waals surface area contributed by atoms with Gasteiger partial charge in [0, 0.05) is 13.1 Å². The van der Waals surface area contributed by atoms with E-state index < -0.39 is 0 Å². The van der Waals surface area contributed by atoms with Crippen molar-refractivity contribution in [1.82, 2.24) is 4.90 Å². The summed E-state index contributed by atoms with van der Waals surface area (Å²) in [6.45, 7) is 5.78. The van der Waals surface area contributed by atoms with Crippen molar-refractivity contribution >= 4 is 12.4 Å². The Hall–Kier alpha value is 0.170. The van der Waals surface area contributed by atoms with E-state index in [0.717, 1.165) is 13.2 Å². The van der Waals surface area contributed by atoms with Gasteiger partial charge in [-0.1, -0.05) is 19.3 Å². The minimum atomic E-state index is 0. The fourth-order valence-electron chi connectivity index (χ4n) is 1.92. The summed E-state index contributed by atoms with van der Waals surface area (Å²) in [5, 5.41) is 0. The lowest BCUT2D eigenvalue weighted by molar-refractivity contribution is 0.106. The number of ether oxygens (including phenoxy) is 1. The molecule has 4 heteroatoms. The Morgan fingerprint density at radius 1 is 0.933 bits per heavy atom. The van der Waals surface area contributed by atoms with Gasteiger partial charge in [0.1, 0.15) is 0 Å². The molecule has 1 heterocycles. The number of hydrogen-bond donors (Lipinski definition) is 1. The van der Waals surface area contributed by atoms with E-state index in [9.17, 15) is 0 Å². The molecule has 2 N–H and O–H groups in total. The van der Waals surface area contributed by atoms with Gasteiger partial charge in [-0.3, -0.25) is 0 Å². The molecular weight excluding hydrogens is 212 g/mol. The van der Waals surface area contributed by atoms with E-state index in [0.29, 0.717) is 13.2 Å². The van der Waals surface area contributed by atoms with Crippen LogP contribution in [0.3, 0.4) is 0 Å². The molecule has 0 saturated carbocycles. The van der Waals surface area contributed by atoms with E-state index in [1.54, 1.807) is 0 Å². The zero-order valence-electron chi connectivity index (χ0n) is 9.62. The molecule has 0 atom stereocenters. The Balaban J connectivity index is 0.00000196. The summed E-state index contributed by atoms with van der Waals surface area (Å²) >= 11 is 0. The summed E-state index contributed by atoms with van der Waals surface area (Å²) in [4.78, 5) is 2.52. The second kappa shape index (κ2) is 10.7. The van der Waals surface area contributed by atoms with E-state index >= 15 is 0 Å². The second-order valence-electron chi connectivity index (χ2n) is 4.01. The number of rotatable bonds is 5. The number of nitrogens with two attached hydrogens (primary N) is 1. The Morgan fingerprint density at radius 2 is 1.53 bits per heavy atom. The van der Waals surface area contributed by atoms with Crippen molar-refractivity contribution in [3.63, 3.8) is 0 Å². The van der Waals surface area contributed by atoms with Gasteiger partial charge in [0.25, 0.3) is 0 Å². The zero-order valence-corrected chi connectivity index (χ0v) is 10.4. The maximum absolute atomic E-state index is 5.39. The quantitative estimate of drug-likeness (QED) is 0.738. The van der Waals surface area contributed by atoms with Gasteiger partial charge in [-0.2, -0.15) is 0 Å². The smallest absolute Gasteiger partial charge is 0.0594 e. The van der Waals surface area contributed by atoms with Gasteiger partial charge in [0.2, 0.25) is 0 Å². The van der Waals surface area contributed by atoms with Crippen molar-refractivity contribution in [2.24, 2.45) is 5.73 Å². The van der Waals surface area contributed by atoms with Crippen LogP contribution in [-0.4, -0.2) is 44.3 Å². The molecule has 0 aromatic carbocycles. The van der Waals surface area contributed by atoms with Crippen LogP contribution in [0, 0.1) is 0 Å². The van der Waals surface area contributed by atoms with E-state index in [1.165, 1.54) is 45.2 Å². The molecular formula is C11H25ClN2O. The highest BCUT2D eigenvalue weighted by Crippen LogP contribution is 2.09. The lowest BCUT2D eigenvalue weighted by Gasteiger charge is -2.24. The SMILES string of the molecule is Cl.NCCOCCN1CCCCCCC1. The number of likely N-dealkylation sites (tertiary alicyclic amines) is 1. The Morgan fingerprint density at radius 3 is 2.13 bits per heavy atom. The van der Waals surface area contributed by atoms with Gasteiger partial charge in [0.05, 0.1) is 13.2 Å². The van der Waals surface area contributed by atoms with Crippen molar-refractivity contribution in [2.45, 2.75) is 32.1 Å². The lowest BCUT2D eigenvalue weighted by Crippen LogP contribution is -2.31. The third-order valence-electron chi connectivity index (χ3n) is 2.76. The molecule has 3 nitrogen and oxygen atoms in total. The largest absolute Gasteiger partial charge is 0.379 e. The molecule has 1 rings (SSSR count). The Kier molecular flexibility index (Phi) is 10.8. The summed E-state index contributed by atoms with van der Waals surface area (Å²) in [5.41, 5.74) is 5.35. The highest BCUT2D eigenvalue weighted by Gasteiger charge is 2.06. The molecule has 0 amide bonds. The number of hydrogen-bond acceptors (Lipinski definition) is 3. The molecule has 0 aromatic rings. The van der Waals surface area contributed by atoms with Crippen molar-refractivity contribution in [3.05, 3.63) is 0 Å². The normalized spacial score (nSPS) is 19.0. The van der Waals surface area contributed by atoms with Gasteiger partial charge >= 0.3 is 0 Å². The Bertz CT molecular complexity index is 128. The maximum Gasteiger partial charge on any atom is 0.0594 e. The van der Waals surface area contributed by atoms with E-state index in [1.807, 2.05) is 0 Å². The van der Waals surface area contributed by atoms with Crippen molar-refractivity contribution in [3.8, 4) is 0 Å². The number of halogens is 1. The highest BCUT2D eigenvalue weighted by molar-refractivity contribution is 5.85. The molecule has 0 unspecified atom stereocenters. The third-order valence-corrected chi connectivity index (χ3v) is 2.76. The van der Waals surface area contributed by atoms with Crippen LogP contribution in [0.5, 0.6) is 0 Å². The van der Waals surface area contributed by atoms with Crippen molar-refractivity contribution < 1.29 is 4.74 Å². The average Bonchev–Trinajstić information content (AvgIpc) is 2.15. The summed E-state index contributed by atoms with van der Waals surface area (Å²) < 4.78 is 5.39. The van der Waals surface area contributed by atoms with Crippen LogP contribution in [0.4, 0.5) is 0 Å². The molecule has 0 radical (unpaired) electrons. The van der Waals surface area contributed by atoms with Crippen LogP contribution in [0.2, 0.25) is 0 Å². The molecule has 0 bridgehead atoms. The first kappa shape index (κ1) is 15.2. The highest BCUT2D eigenvalue weighted by atomic mass is 35.5. The molecule has 0 aromatic heterocycles. The predicted octanol–water partition coefficient (Wildman–Crippen LogP) is 1.65. The maximum atomic E-state index is 5.39. The van der Waals surface area contributed by atoms with Crippen LogP contribution in [0.1, 0.15) is 32.1 Å². The van der Waals surface area contributed by atoms with Crippen molar-refractivity contribution in [1.29, 1.82) is 0 Å². The molecule has 15 heavy (non-hydrogen) atoms. The van der Waals surface area contributed by atoms with Crippen LogP contribution in [0.25, 0.3) is 0 Å². The van der Waals surface area contributed by atoms with Crippen LogP contribution in [-0.2, 0) is 4.74 Å². The van der Waals surface area contributed by atoms with Gasteiger partial charge in [-0.25, -0.2) is 0 Å². The van der Waals surface area contributed by atoms with E-state index in [-0.39, 0.29) is 12.4 Å². The zero-order chi connectivity index (χ0) is 10.1. The minimum Gasteiger partial charge on any atom is -0.379 e. The third kappa shape index (κ3) is 8.03. The van der Waals surface area contributed by atoms with Gasteiger partial charge < -0.3 is 15.4 Å². The minimum absolute atomic E-state index is 0. The first-order valence-electron chi connectivity index (χ1n) is 5.93. The first-order valence-corrected chi connectivity index (χ1v) is 5.93. The lowest BCUT2D eigenvalue weighted by atomic mass is 10.1. The van der Waals surface area contributed by atoms with Crippen molar-refractivity contribution in [2.75, 3.05) is 39.4 Å². The standard InChI is InChI=1S/C11H24N2O.ClH/c12-6-10-14-11-9-13-7-4-2-1-3-5-8-13;/h1-12H2;1H. The molecule has 1 aliphatic rings. The molecule has 0 aliphatic carbocycles. The summed E-state index contributed by atoms with van der Waals surface area (Å²) in [6.07, 6.45) is 6.95. The van der Waals surface area contributed by atoms with Crippen LogP contribution in [0.15, 0.2) is 0 Å². The van der Waals surface area contributed by atoms with Crippen LogP contribution >= 0.6 is 12.4 Å².